The molecule has 0 radical (unpaired) electrons. The van der Waals surface area contributed by atoms with Crippen LogP contribution in [0.5, 0.6) is 0 Å². The topological polar surface area (TPSA) is 30.7 Å². The Morgan fingerprint density at radius 2 is 2.33 bits per heavy atom. The zero-order valence-electron chi connectivity index (χ0n) is 7.95. The fraction of sp³-hybridized carbons (Fsp3) is 0.200. The van der Waals surface area contributed by atoms with E-state index >= 15 is 0 Å². The SMILES string of the molecule is C=CCCn1c(Br)cc2c(Cl)ncnc21. The first-order valence-electron chi connectivity index (χ1n) is 4.50. The number of halogens is 2. The summed E-state index contributed by atoms with van der Waals surface area (Å²) >= 11 is 9.45. The molecule has 0 aromatic carbocycles. The summed E-state index contributed by atoms with van der Waals surface area (Å²) in [7, 11) is 0. The molecule has 0 N–H and O–H groups in total. The maximum absolute atomic E-state index is 5.97. The fourth-order valence-electron chi connectivity index (χ4n) is 1.44. The zero-order valence-corrected chi connectivity index (χ0v) is 10.3. The monoisotopic (exact) mass is 285 g/mol. The fourth-order valence-corrected chi connectivity index (χ4v) is 2.19. The van der Waals surface area contributed by atoms with Crippen LogP contribution in [0, 0.1) is 0 Å². The molecule has 0 saturated carbocycles. The normalized spacial score (nSPS) is 10.8. The van der Waals surface area contributed by atoms with Crippen LogP contribution in [-0.4, -0.2) is 14.5 Å². The number of aromatic nitrogens is 3. The van der Waals surface area contributed by atoms with Crippen molar-refractivity contribution in [2.45, 2.75) is 13.0 Å². The summed E-state index contributed by atoms with van der Waals surface area (Å²) in [5.41, 5.74) is 0.851. The Hall–Kier alpha value is -0.870. The van der Waals surface area contributed by atoms with Crippen molar-refractivity contribution < 1.29 is 0 Å². The summed E-state index contributed by atoms with van der Waals surface area (Å²) in [6, 6.07) is 1.93. The van der Waals surface area contributed by atoms with Gasteiger partial charge in [-0.1, -0.05) is 17.7 Å². The van der Waals surface area contributed by atoms with Crippen molar-refractivity contribution >= 4 is 38.6 Å². The molecule has 0 spiro atoms. The van der Waals surface area contributed by atoms with Crippen LogP contribution in [0.25, 0.3) is 11.0 Å². The minimum absolute atomic E-state index is 0.484. The number of hydrogen-bond donors (Lipinski definition) is 0. The average molecular weight is 287 g/mol. The van der Waals surface area contributed by atoms with Crippen molar-refractivity contribution in [3.8, 4) is 0 Å². The Labute approximate surface area is 101 Å². The second kappa shape index (κ2) is 4.33. The van der Waals surface area contributed by atoms with Crippen LogP contribution >= 0.6 is 27.5 Å². The summed E-state index contributed by atoms with van der Waals surface area (Å²) < 4.78 is 3.01. The van der Waals surface area contributed by atoms with E-state index in [1.54, 1.807) is 0 Å². The molecule has 0 aliphatic carbocycles. The van der Waals surface area contributed by atoms with Crippen molar-refractivity contribution in [1.29, 1.82) is 0 Å². The molecule has 2 rings (SSSR count). The molecule has 0 saturated heterocycles. The predicted octanol–water partition coefficient (Wildman–Crippen LogP) is 3.42. The van der Waals surface area contributed by atoms with Gasteiger partial charge >= 0.3 is 0 Å². The molecule has 15 heavy (non-hydrogen) atoms. The number of hydrogen-bond acceptors (Lipinski definition) is 2. The quantitative estimate of drug-likeness (QED) is 0.639. The Balaban J connectivity index is 2.57. The van der Waals surface area contributed by atoms with Crippen LogP contribution in [-0.2, 0) is 6.54 Å². The molecule has 0 unspecified atom stereocenters. The van der Waals surface area contributed by atoms with Gasteiger partial charge in [0.05, 0.1) is 9.99 Å². The molecular formula is C10H9BrClN3. The van der Waals surface area contributed by atoms with Gasteiger partial charge in [-0.15, -0.1) is 6.58 Å². The first kappa shape index (κ1) is 10.6. The molecule has 0 amide bonds. The standard InChI is InChI=1S/C10H9BrClN3/c1-2-3-4-15-8(11)5-7-9(12)13-6-14-10(7)15/h2,5-6H,1,3-4H2. The Morgan fingerprint density at radius 1 is 1.53 bits per heavy atom. The highest BCUT2D eigenvalue weighted by molar-refractivity contribution is 9.10. The third-order valence-corrected chi connectivity index (χ3v) is 3.11. The Morgan fingerprint density at radius 3 is 3.07 bits per heavy atom. The van der Waals surface area contributed by atoms with Gasteiger partial charge in [0.25, 0.3) is 0 Å². The molecule has 2 aromatic rings. The van der Waals surface area contributed by atoms with Crippen molar-refractivity contribution in [3.05, 3.63) is 34.8 Å². The Kier molecular flexibility index (Phi) is 3.07. The van der Waals surface area contributed by atoms with Crippen molar-refractivity contribution in [2.75, 3.05) is 0 Å². The number of nitrogens with zero attached hydrogens (tertiary/aromatic N) is 3. The van der Waals surface area contributed by atoms with Gasteiger partial charge in [-0.2, -0.15) is 0 Å². The van der Waals surface area contributed by atoms with Gasteiger partial charge in [-0.3, -0.25) is 0 Å². The van der Waals surface area contributed by atoms with Gasteiger partial charge in [0.1, 0.15) is 17.1 Å². The lowest BCUT2D eigenvalue weighted by atomic mass is 10.4. The Bertz CT molecular complexity index is 507. The minimum atomic E-state index is 0.484. The molecular weight excluding hydrogens is 277 g/mol. The molecule has 0 bridgehead atoms. The maximum atomic E-state index is 5.97. The van der Waals surface area contributed by atoms with Crippen LogP contribution in [0.15, 0.2) is 29.7 Å². The van der Waals surface area contributed by atoms with Crippen LogP contribution in [0.1, 0.15) is 6.42 Å². The molecule has 2 heterocycles. The third-order valence-electron chi connectivity index (χ3n) is 2.15. The molecule has 0 atom stereocenters. The van der Waals surface area contributed by atoms with Crippen LogP contribution in [0.2, 0.25) is 5.15 Å². The number of fused-ring (bicyclic) bond motifs is 1. The smallest absolute Gasteiger partial charge is 0.145 e. The van der Waals surface area contributed by atoms with Crippen LogP contribution < -0.4 is 0 Å². The van der Waals surface area contributed by atoms with Gasteiger partial charge in [0.15, 0.2) is 0 Å². The third kappa shape index (κ3) is 1.92. The average Bonchev–Trinajstić information content (AvgIpc) is 2.54. The molecule has 3 nitrogen and oxygen atoms in total. The molecule has 0 aliphatic rings. The van der Waals surface area contributed by atoms with E-state index in [0.717, 1.165) is 28.6 Å². The van der Waals surface area contributed by atoms with Gasteiger partial charge in [-0.05, 0) is 28.4 Å². The minimum Gasteiger partial charge on any atom is -0.320 e. The highest BCUT2D eigenvalue weighted by atomic mass is 79.9. The molecule has 2 aromatic heterocycles. The van der Waals surface area contributed by atoms with Crippen LogP contribution in [0.3, 0.4) is 0 Å². The van der Waals surface area contributed by atoms with E-state index in [4.69, 9.17) is 11.6 Å². The van der Waals surface area contributed by atoms with E-state index in [9.17, 15) is 0 Å². The van der Waals surface area contributed by atoms with E-state index in [-0.39, 0.29) is 0 Å². The summed E-state index contributed by atoms with van der Waals surface area (Å²) in [5.74, 6) is 0. The van der Waals surface area contributed by atoms with Crippen molar-refractivity contribution in [2.24, 2.45) is 0 Å². The van der Waals surface area contributed by atoms with Gasteiger partial charge < -0.3 is 4.57 Å². The predicted molar refractivity (Wildman–Crippen MR) is 65.1 cm³/mol. The molecule has 0 fully saturated rings. The molecule has 0 aliphatic heterocycles. The van der Waals surface area contributed by atoms with Crippen LogP contribution in [0.4, 0.5) is 0 Å². The molecule has 78 valence electrons. The number of rotatable bonds is 3. The van der Waals surface area contributed by atoms with E-state index < -0.39 is 0 Å². The second-order valence-corrected chi connectivity index (χ2v) is 4.27. The van der Waals surface area contributed by atoms with E-state index in [1.807, 2.05) is 16.7 Å². The van der Waals surface area contributed by atoms with Gasteiger partial charge in [-0.25, -0.2) is 9.97 Å². The summed E-state index contributed by atoms with van der Waals surface area (Å²) in [5, 5.41) is 1.35. The lowest BCUT2D eigenvalue weighted by Crippen LogP contribution is -1.98. The first-order chi connectivity index (χ1) is 7.24. The van der Waals surface area contributed by atoms with E-state index in [0.29, 0.717) is 5.15 Å². The second-order valence-electron chi connectivity index (χ2n) is 3.10. The number of allylic oxidation sites excluding steroid dienone is 1. The highest BCUT2D eigenvalue weighted by Crippen LogP contribution is 2.26. The summed E-state index contributed by atoms with van der Waals surface area (Å²) in [6.07, 6.45) is 4.24. The zero-order chi connectivity index (χ0) is 10.8. The van der Waals surface area contributed by atoms with Crippen molar-refractivity contribution in [1.82, 2.24) is 14.5 Å². The largest absolute Gasteiger partial charge is 0.320 e. The first-order valence-corrected chi connectivity index (χ1v) is 5.67. The number of aryl methyl sites for hydroxylation is 1. The lowest BCUT2D eigenvalue weighted by Gasteiger charge is -2.03. The highest BCUT2D eigenvalue weighted by Gasteiger charge is 2.10. The van der Waals surface area contributed by atoms with Gasteiger partial charge in [0.2, 0.25) is 0 Å². The lowest BCUT2D eigenvalue weighted by molar-refractivity contribution is 0.717. The molecule has 5 heteroatoms. The summed E-state index contributed by atoms with van der Waals surface area (Å²) in [6.45, 7) is 4.53. The summed E-state index contributed by atoms with van der Waals surface area (Å²) in [4.78, 5) is 8.16. The maximum Gasteiger partial charge on any atom is 0.145 e. The van der Waals surface area contributed by atoms with Crippen molar-refractivity contribution in [3.63, 3.8) is 0 Å². The van der Waals surface area contributed by atoms with E-state index in [1.165, 1.54) is 6.33 Å². The van der Waals surface area contributed by atoms with E-state index in [2.05, 4.69) is 32.5 Å². The van der Waals surface area contributed by atoms with Gasteiger partial charge in [0, 0.05) is 6.54 Å².